The van der Waals surface area contributed by atoms with Crippen molar-refractivity contribution in [3.8, 4) is 11.5 Å². The number of methoxy groups -OCH3 is 2. The van der Waals surface area contributed by atoms with Gasteiger partial charge < -0.3 is 19.7 Å². The summed E-state index contributed by atoms with van der Waals surface area (Å²) in [6, 6.07) is 3.40. The molecule has 9 heteroatoms. The van der Waals surface area contributed by atoms with E-state index in [9.17, 15) is 13.2 Å². The normalized spacial score (nSPS) is 17.7. The van der Waals surface area contributed by atoms with Gasteiger partial charge >= 0.3 is 0 Å². The molecule has 26 heavy (non-hydrogen) atoms. The first kappa shape index (κ1) is 18.0. The molecule has 2 aliphatic heterocycles. The summed E-state index contributed by atoms with van der Waals surface area (Å²) >= 11 is 0. The fourth-order valence-electron chi connectivity index (χ4n) is 2.70. The molecule has 0 saturated carbocycles. The number of carbonyl (C=O) groups excluding carboxylic acids is 1. The second-order valence-corrected chi connectivity index (χ2v) is 7.55. The lowest BCUT2D eigenvalue weighted by molar-refractivity contribution is -0.112. The number of benzene rings is 1. The lowest BCUT2D eigenvalue weighted by Crippen LogP contribution is -2.40. The zero-order valence-corrected chi connectivity index (χ0v) is 15.5. The molecule has 1 aromatic carbocycles. The summed E-state index contributed by atoms with van der Waals surface area (Å²) in [4.78, 5) is 14.4. The molecular formula is C17H19N3O5S. The van der Waals surface area contributed by atoms with E-state index >= 15 is 0 Å². The number of aryl methyl sites for hydroxylation is 1. The molecule has 1 amide bonds. The Labute approximate surface area is 151 Å². The van der Waals surface area contributed by atoms with Crippen molar-refractivity contribution in [1.82, 2.24) is 4.90 Å². The van der Waals surface area contributed by atoms with Crippen LogP contribution in [0, 0.1) is 6.92 Å². The number of nitrogens with zero attached hydrogens (tertiary/aromatic N) is 2. The van der Waals surface area contributed by atoms with Crippen molar-refractivity contribution in [3.05, 3.63) is 41.6 Å². The third kappa shape index (κ3) is 3.43. The third-order valence-electron chi connectivity index (χ3n) is 4.08. The van der Waals surface area contributed by atoms with Crippen molar-refractivity contribution in [3.63, 3.8) is 0 Å². The predicted molar refractivity (Wildman–Crippen MR) is 98.1 cm³/mol. The summed E-state index contributed by atoms with van der Waals surface area (Å²) in [6.07, 6.45) is 4.93. The Kier molecular flexibility index (Phi) is 4.73. The minimum Gasteiger partial charge on any atom is -0.493 e. The number of amides is 1. The van der Waals surface area contributed by atoms with Crippen LogP contribution in [0.3, 0.4) is 0 Å². The zero-order chi connectivity index (χ0) is 18.9. The minimum absolute atomic E-state index is 0.0788. The highest BCUT2D eigenvalue weighted by atomic mass is 32.2. The van der Waals surface area contributed by atoms with Gasteiger partial charge in [-0.1, -0.05) is 0 Å². The van der Waals surface area contributed by atoms with Gasteiger partial charge in [-0.25, -0.2) is 8.42 Å². The molecule has 0 radical (unpaired) electrons. The lowest BCUT2D eigenvalue weighted by atomic mass is 10.1. The van der Waals surface area contributed by atoms with E-state index in [2.05, 4.69) is 9.71 Å². The lowest BCUT2D eigenvalue weighted by Gasteiger charge is -2.28. The number of amidine groups is 1. The van der Waals surface area contributed by atoms with Crippen molar-refractivity contribution in [1.29, 1.82) is 0 Å². The van der Waals surface area contributed by atoms with E-state index in [1.807, 2.05) is 6.92 Å². The number of sulfonamides is 1. The molecule has 8 nitrogen and oxygen atoms in total. The van der Waals surface area contributed by atoms with Gasteiger partial charge in [0.2, 0.25) is 0 Å². The number of ether oxygens (including phenoxy) is 2. The first-order valence-electron chi connectivity index (χ1n) is 7.87. The van der Waals surface area contributed by atoms with Crippen LogP contribution in [0.25, 0.3) is 0 Å². The highest BCUT2D eigenvalue weighted by Gasteiger charge is 2.30. The summed E-state index contributed by atoms with van der Waals surface area (Å²) in [5.74, 6) is 0.631. The molecule has 0 atom stereocenters. The topological polar surface area (TPSA) is 97.3 Å². The molecule has 138 valence electrons. The van der Waals surface area contributed by atoms with Crippen LogP contribution in [-0.2, 0) is 14.8 Å². The van der Waals surface area contributed by atoms with E-state index in [0.29, 0.717) is 17.2 Å². The first-order valence-corrected chi connectivity index (χ1v) is 9.47. The Balaban J connectivity index is 1.92. The van der Waals surface area contributed by atoms with E-state index in [1.165, 1.54) is 14.2 Å². The van der Waals surface area contributed by atoms with Gasteiger partial charge in [0.25, 0.3) is 15.9 Å². The zero-order valence-electron chi connectivity index (χ0n) is 14.6. The molecule has 0 aromatic heterocycles. The van der Waals surface area contributed by atoms with Crippen LogP contribution in [-0.4, -0.2) is 51.6 Å². The van der Waals surface area contributed by atoms with Crippen LogP contribution in [0.15, 0.2) is 40.5 Å². The van der Waals surface area contributed by atoms with Crippen LogP contribution < -0.4 is 14.8 Å². The Hall–Kier alpha value is -2.81. The van der Waals surface area contributed by atoms with Gasteiger partial charge in [0, 0.05) is 24.5 Å². The number of carbonyl (C=O) groups is 1. The van der Waals surface area contributed by atoms with E-state index in [-0.39, 0.29) is 23.7 Å². The van der Waals surface area contributed by atoms with Gasteiger partial charge in [-0.15, -0.1) is 4.40 Å². The average molecular weight is 377 g/mol. The molecule has 0 unspecified atom stereocenters. The van der Waals surface area contributed by atoms with Gasteiger partial charge in [-0.2, -0.15) is 0 Å². The standard InChI is InChI=1S/C17H19N3O5S/c1-11-9-14(24-2)15(25-3)10-13(11)18-17(21)12-5-4-6-20-7-8-26(22,23)19-16(12)20/h4-6,9-10H,7-8H2,1-3H3,(H,18,21). The summed E-state index contributed by atoms with van der Waals surface area (Å²) in [7, 11) is -0.526. The Morgan fingerprint density at radius 2 is 1.92 bits per heavy atom. The number of hydrogen-bond acceptors (Lipinski definition) is 6. The number of hydrogen-bond donors (Lipinski definition) is 1. The van der Waals surface area contributed by atoms with Crippen LogP contribution in [0.1, 0.15) is 5.56 Å². The van der Waals surface area contributed by atoms with Crippen molar-refractivity contribution in [2.75, 3.05) is 31.8 Å². The molecule has 3 rings (SSSR count). The predicted octanol–water partition coefficient (Wildman–Crippen LogP) is 1.45. The second-order valence-electron chi connectivity index (χ2n) is 5.79. The maximum Gasteiger partial charge on any atom is 0.259 e. The fraction of sp³-hybridized carbons (Fsp3) is 0.294. The van der Waals surface area contributed by atoms with Gasteiger partial charge in [-0.3, -0.25) is 4.79 Å². The third-order valence-corrected chi connectivity index (χ3v) is 5.23. The maximum absolute atomic E-state index is 12.8. The maximum atomic E-state index is 12.8. The first-order chi connectivity index (χ1) is 12.3. The van der Waals surface area contributed by atoms with Crippen molar-refractivity contribution >= 4 is 27.5 Å². The second kappa shape index (κ2) is 6.83. The number of anilines is 1. The summed E-state index contributed by atoms with van der Waals surface area (Å²) in [5.41, 5.74) is 1.50. The molecule has 0 spiro atoms. The number of rotatable bonds is 4. The smallest absolute Gasteiger partial charge is 0.259 e. The highest BCUT2D eigenvalue weighted by Crippen LogP contribution is 2.33. The van der Waals surface area contributed by atoms with Crippen LogP contribution in [0.5, 0.6) is 11.5 Å². The molecule has 0 bridgehead atoms. The van der Waals surface area contributed by atoms with Crippen molar-refractivity contribution < 1.29 is 22.7 Å². The van der Waals surface area contributed by atoms with E-state index in [4.69, 9.17) is 9.47 Å². The van der Waals surface area contributed by atoms with E-state index in [0.717, 1.165) is 5.56 Å². The van der Waals surface area contributed by atoms with Crippen LogP contribution >= 0.6 is 0 Å². The number of nitrogens with one attached hydrogen (secondary N) is 1. The molecule has 0 saturated heterocycles. The van der Waals surface area contributed by atoms with Gasteiger partial charge in [0.15, 0.2) is 17.3 Å². The van der Waals surface area contributed by atoms with Gasteiger partial charge in [0.1, 0.15) is 0 Å². The van der Waals surface area contributed by atoms with Crippen molar-refractivity contribution in [2.45, 2.75) is 6.92 Å². The Morgan fingerprint density at radius 3 is 2.62 bits per heavy atom. The summed E-state index contributed by atoms with van der Waals surface area (Å²) in [5, 5.41) is 2.79. The molecule has 0 aliphatic carbocycles. The Morgan fingerprint density at radius 1 is 1.23 bits per heavy atom. The van der Waals surface area contributed by atoms with Crippen LogP contribution in [0.4, 0.5) is 5.69 Å². The number of allylic oxidation sites excluding steroid dienone is 2. The molecule has 1 aromatic rings. The summed E-state index contributed by atoms with van der Waals surface area (Å²) < 4.78 is 37.9. The van der Waals surface area contributed by atoms with Crippen LogP contribution in [0.2, 0.25) is 0 Å². The van der Waals surface area contributed by atoms with Gasteiger partial charge in [-0.05, 0) is 30.7 Å². The van der Waals surface area contributed by atoms with Gasteiger partial charge in [0.05, 0.1) is 25.5 Å². The monoisotopic (exact) mass is 377 g/mol. The van der Waals surface area contributed by atoms with E-state index in [1.54, 1.807) is 35.4 Å². The fourth-order valence-corrected chi connectivity index (χ4v) is 3.68. The molecule has 2 aliphatic rings. The average Bonchev–Trinajstić information content (AvgIpc) is 2.61. The quantitative estimate of drug-likeness (QED) is 0.853. The molecule has 0 fully saturated rings. The Bertz CT molecular complexity index is 947. The summed E-state index contributed by atoms with van der Waals surface area (Å²) in [6.45, 7) is 2.08. The molecular weight excluding hydrogens is 358 g/mol. The van der Waals surface area contributed by atoms with E-state index < -0.39 is 15.9 Å². The SMILES string of the molecule is COc1cc(C)c(NC(=O)C2=CC=CN3CCS(=O)(=O)N=C23)cc1OC. The highest BCUT2D eigenvalue weighted by molar-refractivity contribution is 7.90. The minimum atomic E-state index is -3.57. The number of fused-ring (bicyclic) bond motifs is 1. The molecule has 1 N–H and O–H groups in total. The van der Waals surface area contributed by atoms with Crippen molar-refractivity contribution in [2.24, 2.45) is 4.40 Å². The largest absolute Gasteiger partial charge is 0.493 e. The molecule has 2 heterocycles.